The molecule has 7 heteroatoms. The molecule has 0 unspecified atom stereocenters. The molecule has 3 rings (SSSR count). The number of likely N-dealkylation sites (tertiary alicyclic amines) is 1. The van der Waals surface area contributed by atoms with Crippen LogP contribution in [0.2, 0.25) is 0 Å². The van der Waals surface area contributed by atoms with Gasteiger partial charge in [-0.1, -0.05) is 0 Å². The van der Waals surface area contributed by atoms with Gasteiger partial charge in [-0.3, -0.25) is 0 Å². The smallest absolute Gasteiger partial charge is 0.410 e. The molecule has 0 spiro atoms. The first-order chi connectivity index (χ1) is 13.0. The lowest BCUT2D eigenvalue weighted by Crippen LogP contribution is -2.39. The normalized spacial score (nSPS) is 15.2. The van der Waals surface area contributed by atoms with Crippen molar-refractivity contribution in [1.29, 1.82) is 0 Å². The van der Waals surface area contributed by atoms with Crippen molar-refractivity contribution in [1.82, 2.24) is 9.88 Å². The van der Waals surface area contributed by atoms with Gasteiger partial charge in [-0.2, -0.15) is 0 Å². The average molecular weight is 407 g/mol. The van der Waals surface area contributed by atoms with Gasteiger partial charge in [0.2, 0.25) is 0 Å². The van der Waals surface area contributed by atoms with E-state index in [4.69, 9.17) is 14.5 Å². The van der Waals surface area contributed by atoms with Crippen molar-refractivity contribution >= 4 is 29.2 Å². The van der Waals surface area contributed by atoms with E-state index in [2.05, 4.69) is 23.8 Å². The van der Waals surface area contributed by atoms with Crippen LogP contribution in [0.5, 0.6) is 5.75 Å². The van der Waals surface area contributed by atoms with E-state index in [1.807, 2.05) is 26.0 Å². The number of carbonyl (C=O) groups excluding carboxylic acids is 1. The fourth-order valence-corrected chi connectivity index (χ4v) is 4.37. The first-order valence-electron chi connectivity index (χ1n) is 9.22. The summed E-state index contributed by atoms with van der Waals surface area (Å²) in [6.07, 6.45) is 3.64. The minimum atomic E-state index is -0.204. The number of piperidine rings is 1. The second kappa shape index (κ2) is 9.46. The number of thiazole rings is 1. The minimum Gasteiger partial charge on any atom is -0.487 e. The molecule has 1 saturated heterocycles. The van der Waals surface area contributed by atoms with Gasteiger partial charge in [0.05, 0.1) is 16.8 Å². The Balaban J connectivity index is 1.48. The maximum absolute atomic E-state index is 12.0. The summed E-state index contributed by atoms with van der Waals surface area (Å²) in [7, 11) is 0. The van der Waals surface area contributed by atoms with Crippen molar-refractivity contribution in [2.75, 3.05) is 19.3 Å². The number of hydrogen-bond acceptors (Lipinski definition) is 6. The molecule has 0 atom stereocenters. The summed E-state index contributed by atoms with van der Waals surface area (Å²) in [5, 5.41) is 3.22. The number of carbonyl (C=O) groups is 1. The standard InChI is InChI=1S/C20H26N2O3S2/c1-14(2)25-20(23)22-10-8-15(9-11-22)19-21-16(13-27-19)12-24-17-4-6-18(26-3)7-5-17/h4-7,13-15H,8-12H2,1-3H3. The molecule has 2 aromatic rings. The van der Waals surface area contributed by atoms with E-state index < -0.39 is 0 Å². The predicted molar refractivity (Wildman–Crippen MR) is 110 cm³/mol. The van der Waals surface area contributed by atoms with E-state index in [1.54, 1.807) is 28.0 Å². The van der Waals surface area contributed by atoms with Crippen LogP contribution in [0.3, 0.4) is 0 Å². The third-order valence-corrected chi connectivity index (χ3v) is 6.25. The third kappa shape index (κ3) is 5.62. The molecule has 1 aliphatic rings. The number of amides is 1. The van der Waals surface area contributed by atoms with Crippen molar-refractivity contribution in [2.45, 2.75) is 50.2 Å². The third-order valence-electron chi connectivity index (χ3n) is 4.45. The molecule has 146 valence electrons. The molecule has 1 aliphatic heterocycles. The molecule has 5 nitrogen and oxygen atoms in total. The van der Waals surface area contributed by atoms with Crippen molar-refractivity contribution in [3.8, 4) is 5.75 Å². The molecule has 27 heavy (non-hydrogen) atoms. The summed E-state index contributed by atoms with van der Waals surface area (Å²) < 4.78 is 11.1. The Kier molecular flexibility index (Phi) is 7.01. The second-order valence-corrected chi connectivity index (χ2v) is 8.60. The highest BCUT2D eigenvalue weighted by atomic mass is 32.2. The zero-order chi connectivity index (χ0) is 19.2. The van der Waals surface area contributed by atoms with Crippen LogP contribution in [0, 0.1) is 0 Å². The number of aromatic nitrogens is 1. The number of benzene rings is 1. The Hall–Kier alpha value is -1.73. The van der Waals surface area contributed by atoms with Gasteiger partial charge in [0.25, 0.3) is 0 Å². The summed E-state index contributed by atoms with van der Waals surface area (Å²) in [4.78, 5) is 19.8. The van der Waals surface area contributed by atoms with Gasteiger partial charge in [0.15, 0.2) is 0 Å². The average Bonchev–Trinajstić information content (AvgIpc) is 3.15. The van der Waals surface area contributed by atoms with Gasteiger partial charge in [-0.15, -0.1) is 23.1 Å². The van der Waals surface area contributed by atoms with Crippen LogP contribution in [-0.4, -0.2) is 41.4 Å². The maximum atomic E-state index is 12.0. The lowest BCUT2D eigenvalue weighted by atomic mass is 9.98. The highest BCUT2D eigenvalue weighted by Crippen LogP contribution is 2.31. The number of hydrogen-bond donors (Lipinski definition) is 0. The molecule has 1 aromatic carbocycles. The van der Waals surface area contributed by atoms with E-state index in [0.29, 0.717) is 12.5 Å². The molecular weight excluding hydrogens is 380 g/mol. The first-order valence-corrected chi connectivity index (χ1v) is 11.3. The van der Waals surface area contributed by atoms with E-state index in [1.165, 1.54) is 4.90 Å². The molecule has 1 aromatic heterocycles. The van der Waals surface area contributed by atoms with Crippen LogP contribution < -0.4 is 4.74 Å². The molecule has 2 heterocycles. The summed E-state index contributed by atoms with van der Waals surface area (Å²) in [5.41, 5.74) is 0.964. The molecule has 0 N–H and O–H groups in total. The minimum absolute atomic E-state index is 0.0753. The zero-order valence-corrected chi connectivity index (χ0v) is 17.6. The quantitative estimate of drug-likeness (QED) is 0.620. The van der Waals surface area contributed by atoms with Gasteiger partial charge in [0.1, 0.15) is 12.4 Å². The fraction of sp³-hybridized carbons (Fsp3) is 0.500. The molecule has 0 radical (unpaired) electrons. The number of nitrogens with zero attached hydrogens (tertiary/aromatic N) is 2. The van der Waals surface area contributed by atoms with Crippen LogP contribution in [0.1, 0.15) is 43.3 Å². The highest BCUT2D eigenvalue weighted by molar-refractivity contribution is 7.98. The van der Waals surface area contributed by atoms with Crippen LogP contribution in [0.4, 0.5) is 4.79 Å². The SMILES string of the molecule is CSc1ccc(OCc2csc(C3CCN(C(=O)OC(C)C)CC3)n2)cc1. The number of rotatable bonds is 6. The molecule has 0 bridgehead atoms. The Bertz CT molecular complexity index is 738. The van der Waals surface area contributed by atoms with Gasteiger partial charge >= 0.3 is 6.09 Å². The zero-order valence-electron chi connectivity index (χ0n) is 16.0. The van der Waals surface area contributed by atoms with Gasteiger partial charge in [-0.25, -0.2) is 9.78 Å². The van der Waals surface area contributed by atoms with Crippen molar-refractivity contribution in [3.63, 3.8) is 0 Å². The Morgan fingerprint density at radius 2 is 2.00 bits per heavy atom. The molecule has 0 saturated carbocycles. The molecule has 1 fully saturated rings. The molecular formula is C20H26N2O3S2. The van der Waals surface area contributed by atoms with Crippen molar-refractivity contribution < 1.29 is 14.3 Å². The van der Waals surface area contributed by atoms with E-state index >= 15 is 0 Å². The lowest BCUT2D eigenvalue weighted by Gasteiger charge is -2.30. The second-order valence-electron chi connectivity index (χ2n) is 6.84. The Morgan fingerprint density at radius 1 is 1.30 bits per heavy atom. The van der Waals surface area contributed by atoms with Gasteiger partial charge in [-0.05, 0) is 57.2 Å². The highest BCUT2D eigenvalue weighted by Gasteiger charge is 2.26. The lowest BCUT2D eigenvalue weighted by molar-refractivity contribution is 0.0691. The van der Waals surface area contributed by atoms with E-state index in [9.17, 15) is 4.79 Å². The van der Waals surface area contributed by atoms with E-state index in [-0.39, 0.29) is 12.2 Å². The van der Waals surface area contributed by atoms with Gasteiger partial charge in [0, 0.05) is 29.3 Å². The Labute approximate surface area is 169 Å². The monoisotopic (exact) mass is 406 g/mol. The van der Waals surface area contributed by atoms with Crippen LogP contribution in [0.25, 0.3) is 0 Å². The summed E-state index contributed by atoms with van der Waals surface area (Å²) >= 11 is 3.41. The summed E-state index contributed by atoms with van der Waals surface area (Å²) in [5.74, 6) is 1.27. The van der Waals surface area contributed by atoms with Crippen LogP contribution in [-0.2, 0) is 11.3 Å². The molecule has 0 aliphatic carbocycles. The largest absolute Gasteiger partial charge is 0.487 e. The van der Waals surface area contributed by atoms with Gasteiger partial charge < -0.3 is 14.4 Å². The summed E-state index contributed by atoms with van der Waals surface area (Å²) in [6.45, 7) is 5.68. The first kappa shape index (κ1) is 20.0. The number of ether oxygens (including phenoxy) is 2. The van der Waals surface area contributed by atoms with Crippen LogP contribution >= 0.6 is 23.1 Å². The molecule has 1 amide bonds. The summed E-state index contributed by atoms with van der Waals surface area (Å²) in [6, 6.07) is 8.10. The van der Waals surface area contributed by atoms with Crippen molar-refractivity contribution in [2.24, 2.45) is 0 Å². The maximum Gasteiger partial charge on any atom is 0.410 e. The fourth-order valence-electron chi connectivity index (χ4n) is 2.99. The van der Waals surface area contributed by atoms with Crippen LogP contribution in [0.15, 0.2) is 34.5 Å². The predicted octanol–water partition coefficient (Wildman–Crippen LogP) is 5.17. The van der Waals surface area contributed by atoms with E-state index in [0.717, 1.165) is 42.4 Å². The number of thioether (sulfide) groups is 1. The van der Waals surface area contributed by atoms with Crippen molar-refractivity contribution in [3.05, 3.63) is 40.3 Å². The topological polar surface area (TPSA) is 51.7 Å². The Morgan fingerprint density at radius 3 is 2.63 bits per heavy atom.